The van der Waals surface area contributed by atoms with Crippen LogP contribution in [0.4, 0.5) is 4.79 Å². The van der Waals surface area contributed by atoms with Crippen molar-refractivity contribution in [1.29, 1.82) is 5.41 Å². The Bertz CT molecular complexity index is 291. The van der Waals surface area contributed by atoms with Crippen LogP contribution >= 0.6 is 11.6 Å². The maximum atomic E-state index is 10.8. The summed E-state index contributed by atoms with van der Waals surface area (Å²) in [5.74, 6) is 0. The molecule has 0 aromatic carbocycles. The molecule has 1 N–H and O–H groups in total. The van der Waals surface area contributed by atoms with E-state index in [0.717, 1.165) is 0 Å². The topological polar surface area (TPSA) is 67.4 Å². The first-order chi connectivity index (χ1) is 6.22. The second kappa shape index (κ2) is 4.47. The summed E-state index contributed by atoms with van der Waals surface area (Å²) in [6.45, 7) is 0. The molecule has 0 radical (unpaired) electrons. The van der Waals surface area contributed by atoms with E-state index in [-0.39, 0.29) is 0 Å². The van der Waals surface area contributed by atoms with E-state index in [1.54, 1.807) is 24.3 Å². The molecule has 0 saturated carbocycles. The van der Waals surface area contributed by atoms with E-state index >= 15 is 0 Å². The quantitative estimate of drug-likeness (QED) is 0.390. The van der Waals surface area contributed by atoms with Crippen LogP contribution < -0.4 is 0 Å². The van der Waals surface area contributed by atoms with E-state index in [2.05, 4.69) is 10.3 Å². The molecule has 0 saturated heterocycles. The molecule has 1 aliphatic rings. The number of halogens is 1. The number of aliphatic imine (C=N–C) groups is 1. The van der Waals surface area contributed by atoms with E-state index in [1.807, 2.05) is 0 Å². The van der Waals surface area contributed by atoms with Gasteiger partial charge < -0.3 is 15.7 Å². The lowest BCUT2D eigenvalue weighted by Crippen LogP contribution is -1.99. The van der Waals surface area contributed by atoms with Gasteiger partial charge in [0.25, 0.3) is 0 Å². The van der Waals surface area contributed by atoms with Crippen LogP contribution in [-0.4, -0.2) is 18.1 Å². The molecule has 0 aromatic rings. The van der Waals surface area contributed by atoms with Crippen molar-refractivity contribution >= 4 is 29.7 Å². The molecule has 0 atom stereocenters. The van der Waals surface area contributed by atoms with Gasteiger partial charge in [-0.3, -0.25) is 4.79 Å². The van der Waals surface area contributed by atoms with Gasteiger partial charge >= 0.3 is 0 Å². The van der Waals surface area contributed by atoms with Crippen molar-refractivity contribution in [2.45, 2.75) is 0 Å². The molecular weight excluding hydrogens is 190 g/mol. The zero-order valence-electron chi connectivity index (χ0n) is 6.57. The van der Waals surface area contributed by atoms with E-state index in [4.69, 9.17) is 17.0 Å². The predicted octanol–water partition coefficient (Wildman–Crippen LogP) is 2.42. The number of amides is 2. The fourth-order valence-corrected chi connectivity index (χ4v) is 0.836. The predicted molar refractivity (Wildman–Crippen MR) is 52.3 cm³/mol. The van der Waals surface area contributed by atoms with E-state index in [9.17, 15) is 4.79 Å². The molecule has 66 valence electrons. The molecule has 0 heterocycles. The fraction of sp³-hybridized carbons (Fsp3) is 0. The third-order valence-electron chi connectivity index (χ3n) is 1.23. The molecule has 0 bridgehead atoms. The van der Waals surface area contributed by atoms with Crippen LogP contribution in [0.25, 0.3) is 5.32 Å². The molecule has 0 spiro atoms. The minimum absolute atomic E-state index is 0.472. The zero-order chi connectivity index (χ0) is 9.68. The summed E-state index contributed by atoms with van der Waals surface area (Å²) >= 11 is 5.62. The highest BCUT2D eigenvalue weighted by Gasteiger charge is 2.08. The maximum Gasteiger partial charge on any atom is 0.230 e. The Morgan fingerprint density at radius 3 is 2.77 bits per heavy atom. The third kappa shape index (κ3) is 3.13. The second-order valence-corrected chi connectivity index (χ2v) is 2.57. The summed E-state index contributed by atoms with van der Waals surface area (Å²) in [5, 5.41) is 10.3. The van der Waals surface area contributed by atoms with Gasteiger partial charge in [-0.15, -0.1) is 0 Å². The summed E-state index contributed by atoms with van der Waals surface area (Å²) in [5.41, 5.74) is 0.472. The van der Waals surface area contributed by atoms with Gasteiger partial charge in [0, 0.05) is 0 Å². The van der Waals surface area contributed by atoms with Crippen LogP contribution in [0.2, 0.25) is 0 Å². The van der Waals surface area contributed by atoms with E-state index in [0.29, 0.717) is 17.4 Å². The van der Waals surface area contributed by atoms with Crippen molar-refractivity contribution in [3.05, 3.63) is 35.0 Å². The fourth-order valence-electron chi connectivity index (χ4n) is 0.710. The number of carbonyl (C=O) groups excluding carboxylic acids is 1. The van der Waals surface area contributed by atoms with Crippen LogP contribution in [0, 0.1) is 10.8 Å². The first kappa shape index (κ1) is 9.54. The van der Waals surface area contributed by atoms with Crippen LogP contribution in [0.15, 0.2) is 29.3 Å². The standard InChI is InChI=1S/C8H6ClN3O/c9-6-1-3-7(4-2-6)12-8(13)11-5-10/h1-5H,(H-,10,11,13). The van der Waals surface area contributed by atoms with Crippen molar-refractivity contribution in [2.24, 2.45) is 4.99 Å². The Hall–Kier alpha value is -1.55. The van der Waals surface area contributed by atoms with Crippen molar-refractivity contribution in [3.63, 3.8) is 0 Å². The number of hydrogen-bond acceptors (Lipinski definition) is 2. The van der Waals surface area contributed by atoms with Crippen molar-refractivity contribution < 1.29 is 4.79 Å². The first-order valence-corrected chi connectivity index (χ1v) is 3.81. The molecule has 2 amide bonds. The first-order valence-electron chi connectivity index (χ1n) is 3.43. The van der Waals surface area contributed by atoms with Gasteiger partial charge in [0.1, 0.15) is 11.1 Å². The molecule has 1 aliphatic carbocycles. The minimum atomic E-state index is -0.697. The number of urea groups is 1. The van der Waals surface area contributed by atoms with Gasteiger partial charge in [0.05, 0.1) is 24.3 Å². The summed E-state index contributed by atoms with van der Waals surface area (Å²) in [6.07, 6.45) is 7.09. The van der Waals surface area contributed by atoms with Crippen LogP contribution in [0.5, 0.6) is 0 Å². The molecule has 0 aromatic heterocycles. The average Bonchev–Trinajstić information content (AvgIpc) is 2.09. The number of carbonyl (C=O) groups is 1. The Labute approximate surface area is 80.5 Å². The van der Waals surface area contributed by atoms with E-state index in [1.165, 1.54) is 0 Å². The summed E-state index contributed by atoms with van der Waals surface area (Å²) < 4.78 is 0. The average molecular weight is 196 g/mol. The summed E-state index contributed by atoms with van der Waals surface area (Å²) in [6, 6.07) is -0.697. The lowest BCUT2D eigenvalue weighted by molar-refractivity contribution is 0.261. The zero-order valence-corrected chi connectivity index (χ0v) is 7.32. The van der Waals surface area contributed by atoms with Gasteiger partial charge in [0.2, 0.25) is 6.03 Å². The van der Waals surface area contributed by atoms with Gasteiger partial charge in [0.15, 0.2) is 0 Å². The highest BCUT2D eigenvalue weighted by molar-refractivity contribution is 6.31. The molecule has 0 unspecified atom stereocenters. The molecular formula is C8H6ClN3O. The molecule has 0 fully saturated rings. The lowest BCUT2D eigenvalue weighted by atomic mass is 10.2. The molecule has 1 rings (SSSR count). The Morgan fingerprint density at radius 2 is 2.23 bits per heavy atom. The number of rotatable bonds is 1. The normalized spacial score (nSPS) is 14.2. The highest BCUT2D eigenvalue weighted by Crippen LogP contribution is 2.14. The SMILES string of the molecule is N=C[N-]C(=O)N=C1C=C[C+](Cl)C=C1. The van der Waals surface area contributed by atoms with Gasteiger partial charge in [-0.1, -0.05) is 0 Å². The Balaban J connectivity index is 2.63. The van der Waals surface area contributed by atoms with Crippen LogP contribution in [0.1, 0.15) is 0 Å². The molecule has 13 heavy (non-hydrogen) atoms. The van der Waals surface area contributed by atoms with Gasteiger partial charge in [-0.25, -0.2) is 0 Å². The summed E-state index contributed by atoms with van der Waals surface area (Å²) in [4.78, 5) is 14.4. The minimum Gasteiger partial charge on any atom is -0.419 e. The number of nitrogens with zero attached hydrogens (tertiary/aromatic N) is 2. The largest absolute Gasteiger partial charge is 0.419 e. The summed E-state index contributed by atoms with van der Waals surface area (Å²) in [7, 11) is 0. The van der Waals surface area contributed by atoms with Crippen molar-refractivity contribution in [2.75, 3.05) is 0 Å². The smallest absolute Gasteiger partial charge is 0.230 e. The maximum absolute atomic E-state index is 10.8. The van der Waals surface area contributed by atoms with Crippen molar-refractivity contribution in [3.8, 4) is 0 Å². The second-order valence-electron chi connectivity index (χ2n) is 2.13. The molecule has 5 heteroatoms. The van der Waals surface area contributed by atoms with Crippen LogP contribution in [0.3, 0.4) is 0 Å². The number of hydrogen-bond donors (Lipinski definition) is 1. The van der Waals surface area contributed by atoms with Crippen LogP contribution in [-0.2, 0) is 0 Å². The molecule has 0 aliphatic heterocycles. The Kier molecular flexibility index (Phi) is 3.28. The third-order valence-corrected chi connectivity index (χ3v) is 1.48. The number of allylic oxidation sites excluding steroid dienone is 4. The number of nitrogens with one attached hydrogen (secondary N) is 1. The highest BCUT2D eigenvalue weighted by atomic mass is 35.5. The monoisotopic (exact) mass is 195 g/mol. The van der Waals surface area contributed by atoms with Gasteiger partial charge in [-0.2, -0.15) is 0 Å². The molecule has 4 nitrogen and oxygen atoms in total. The lowest BCUT2D eigenvalue weighted by Gasteiger charge is -1.99. The van der Waals surface area contributed by atoms with Gasteiger partial charge in [-0.05, 0) is 17.9 Å². The van der Waals surface area contributed by atoms with Crippen molar-refractivity contribution in [1.82, 2.24) is 0 Å². The Morgan fingerprint density at radius 1 is 1.62 bits per heavy atom. The van der Waals surface area contributed by atoms with E-state index < -0.39 is 6.03 Å².